The van der Waals surface area contributed by atoms with Gasteiger partial charge in [0.1, 0.15) is 0 Å². The molecular formula is C12H10ClF3O3. The van der Waals surface area contributed by atoms with Gasteiger partial charge in [-0.15, -0.1) is 0 Å². The molecule has 0 aromatic heterocycles. The summed E-state index contributed by atoms with van der Waals surface area (Å²) in [5.74, 6) is -1.32. The number of carbonyl (C=O) groups excluding carboxylic acids is 1. The van der Waals surface area contributed by atoms with Crippen LogP contribution in [0.1, 0.15) is 5.56 Å². The Kier molecular flexibility index (Phi) is 4.83. The highest BCUT2D eigenvalue weighted by Gasteiger charge is 2.36. The highest BCUT2D eigenvalue weighted by atomic mass is 35.5. The van der Waals surface area contributed by atoms with Gasteiger partial charge in [0, 0.05) is 6.08 Å². The molecule has 0 radical (unpaired) electrons. The van der Waals surface area contributed by atoms with Crippen LogP contribution in [0.3, 0.4) is 0 Å². The number of rotatable bonds is 4. The Labute approximate surface area is 112 Å². The first-order valence-corrected chi connectivity index (χ1v) is 5.38. The van der Waals surface area contributed by atoms with Crippen LogP contribution in [0.5, 0.6) is 11.5 Å². The molecule has 1 rings (SSSR count). The molecule has 1 aromatic carbocycles. The molecule has 7 heteroatoms. The fourth-order valence-corrected chi connectivity index (χ4v) is 1.48. The Morgan fingerprint density at radius 3 is 2.26 bits per heavy atom. The summed E-state index contributed by atoms with van der Waals surface area (Å²) in [4.78, 5) is 10.8. The number of hydrogen-bond donors (Lipinski definition) is 0. The lowest BCUT2D eigenvalue weighted by Gasteiger charge is -2.09. The van der Waals surface area contributed by atoms with Crippen molar-refractivity contribution in [2.24, 2.45) is 0 Å². The Bertz CT molecular complexity index is 509. The van der Waals surface area contributed by atoms with Crippen LogP contribution in [0.2, 0.25) is 0 Å². The molecule has 1 aromatic rings. The molecule has 104 valence electrons. The van der Waals surface area contributed by atoms with E-state index < -0.39 is 12.0 Å². The molecule has 0 N–H and O–H groups in total. The van der Waals surface area contributed by atoms with Gasteiger partial charge >= 0.3 is 6.18 Å². The average Bonchev–Trinajstić information content (AvgIpc) is 2.36. The van der Waals surface area contributed by atoms with Gasteiger partial charge in [-0.05, 0) is 23.8 Å². The van der Waals surface area contributed by atoms with Gasteiger partial charge in [0.15, 0.2) is 11.5 Å². The van der Waals surface area contributed by atoms with E-state index in [4.69, 9.17) is 21.1 Å². The first-order chi connectivity index (χ1) is 8.79. The normalized spacial score (nSPS) is 12.2. The molecule has 0 atom stereocenters. The molecule has 0 aliphatic heterocycles. The standard InChI is InChI=1S/C12H10ClF3O3/c1-18-9-4-3-7(5-10(9)19-2)8(13)6-11(17)12(14,15)16/h3-6H,1-2H3/b8-6-. The van der Waals surface area contributed by atoms with E-state index in [1.165, 1.54) is 32.4 Å². The van der Waals surface area contributed by atoms with Gasteiger partial charge in [-0.2, -0.15) is 13.2 Å². The van der Waals surface area contributed by atoms with Crippen LogP contribution in [-0.2, 0) is 4.79 Å². The maximum Gasteiger partial charge on any atom is 0.454 e. The lowest BCUT2D eigenvalue weighted by molar-refractivity contribution is -0.165. The molecule has 3 nitrogen and oxygen atoms in total. The highest BCUT2D eigenvalue weighted by Crippen LogP contribution is 2.32. The molecule has 19 heavy (non-hydrogen) atoms. The summed E-state index contributed by atoms with van der Waals surface area (Å²) in [5, 5.41) is -0.330. The van der Waals surface area contributed by atoms with Gasteiger partial charge in [0.05, 0.1) is 19.3 Å². The van der Waals surface area contributed by atoms with Crippen LogP contribution < -0.4 is 9.47 Å². The number of allylic oxidation sites excluding steroid dienone is 1. The van der Waals surface area contributed by atoms with Crippen LogP contribution >= 0.6 is 11.6 Å². The minimum Gasteiger partial charge on any atom is -0.493 e. The summed E-state index contributed by atoms with van der Waals surface area (Å²) in [6.45, 7) is 0. The first kappa shape index (κ1) is 15.4. The molecule has 0 aliphatic carbocycles. The van der Waals surface area contributed by atoms with Crippen LogP contribution in [0.15, 0.2) is 24.3 Å². The summed E-state index contributed by atoms with van der Waals surface area (Å²) < 4.78 is 46.2. The van der Waals surface area contributed by atoms with E-state index in [1.54, 1.807) is 0 Å². The molecule has 0 amide bonds. The van der Waals surface area contributed by atoms with E-state index in [0.717, 1.165) is 0 Å². The summed E-state index contributed by atoms with van der Waals surface area (Å²) in [7, 11) is 2.79. The Hall–Kier alpha value is -1.69. The number of alkyl halides is 3. The van der Waals surface area contributed by atoms with Crippen LogP contribution in [-0.4, -0.2) is 26.2 Å². The minimum atomic E-state index is -4.95. The van der Waals surface area contributed by atoms with Crippen molar-refractivity contribution < 1.29 is 27.4 Å². The van der Waals surface area contributed by atoms with Crippen molar-refractivity contribution in [3.8, 4) is 11.5 Å². The van der Waals surface area contributed by atoms with Gasteiger partial charge in [-0.25, -0.2) is 0 Å². The van der Waals surface area contributed by atoms with Crippen molar-refractivity contribution in [2.45, 2.75) is 6.18 Å². The smallest absolute Gasteiger partial charge is 0.454 e. The third kappa shape index (κ3) is 3.89. The summed E-state index contributed by atoms with van der Waals surface area (Å²) in [6, 6.07) is 4.27. The highest BCUT2D eigenvalue weighted by molar-refractivity contribution is 6.50. The molecule has 0 saturated heterocycles. The van der Waals surface area contributed by atoms with Crippen molar-refractivity contribution in [1.82, 2.24) is 0 Å². The predicted molar refractivity (Wildman–Crippen MR) is 64.4 cm³/mol. The van der Waals surface area contributed by atoms with Crippen LogP contribution in [0, 0.1) is 0 Å². The fourth-order valence-electron chi connectivity index (χ4n) is 1.27. The Morgan fingerprint density at radius 1 is 1.21 bits per heavy atom. The monoisotopic (exact) mass is 294 g/mol. The number of halogens is 4. The molecule has 0 fully saturated rings. The molecule has 0 aliphatic rings. The Balaban J connectivity index is 3.10. The van der Waals surface area contributed by atoms with E-state index >= 15 is 0 Å². The van der Waals surface area contributed by atoms with Gasteiger partial charge in [-0.3, -0.25) is 4.79 Å². The SMILES string of the molecule is COc1ccc(/C(Cl)=C/C(=O)C(F)(F)F)cc1OC. The average molecular weight is 295 g/mol. The second kappa shape index (κ2) is 5.97. The largest absolute Gasteiger partial charge is 0.493 e. The van der Waals surface area contributed by atoms with E-state index in [1.807, 2.05) is 0 Å². The van der Waals surface area contributed by atoms with Gasteiger partial charge < -0.3 is 9.47 Å². The van der Waals surface area contributed by atoms with E-state index in [-0.39, 0.29) is 10.6 Å². The first-order valence-electron chi connectivity index (χ1n) is 5.00. The molecule has 0 heterocycles. The van der Waals surface area contributed by atoms with E-state index in [0.29, 0.717) is 17.6 Å². The number of ketones is 1. The number of methoxy groups -OCH3 is 2. The van der Waals surface area contributed by atoms with Gasteiger partial charge in [0.2, 0.25) is 0 Å². The van der Waals surface area contributed by atoms with Crippen molar-refractivity contribution >= 4 is 22.4 Å². The summed E-state index contributed by atoms with van der Waals surface area (Å²) in [5.41, 5.74) is 0.219. The number of benzene rings is 1. The summed E-state index contributed by atoms with van der Waals surface area (Å²) in [6.07, 6.45) is -4.63. The van der Waals surface area contributed by atoms with Crippen molar-refractivity contribution in [3.05, 3.63) is 29.8 Å². The van der Waals surface area contributed by atoms with E-state index in [2.05, 4.69) is 0 Å². The van der Waals surface area contributed by atoms with Crippen LogP contribution in [0.25, 0.3) is 5.03 Å². The lowest BCUT2D eigenvalue weighted by atomic mass is 10.1. The third-order valence-electron chi connectivity index (χ3n) is 2.20. The quantitative estimate of drug-likeness (QED) is 0.798. The maximum atomic E-state index is 12.1. The fraction of sp³-hybridized carbons (Fsp3) is 0.250. The Morgan fingerprint density at radius 2 is 1.79 bits per heavy atom. The zero-order valence-corrected chi connectivity index (χ0v) is 10.8. The summed E-state index contributed by atoms with van der Waals surface area (Å²) >= 11 is 5.68. The topological polar surface area (TPSA) is 35.5 Å². The van der Waals surface area contributed by atoms with Gasteiger partial charge in [0.25, 0.3) is 5.78 Å². The van der Waals surface area contributed by atoms with Gasteiger partial charge in [-0.1, -0.05) is 11.6 Å². The molecule has 0 spiro atoms. The zero-order valence-electron chi connectivity index (χ0n) is 10.0. The molecule has 0 saturated carbocycles. The number of ether oxygens (including phenoxy) is 2. The third-order valence-corrected chi connectivity index (χ3v) is 2.52. The second-order valence-corrected chi connectivity index (χ2v) is 3.83. The predicted octanol–water partition coefficient (Wildman–Crippen LogP) is 3.41. The lowest BCUT2D eigenvalue weighted by Crippen LogP contribution is -2.20. The zero-order chi connectivity index (χ0) is 14.6. The maximum absolute atomic E-state index is 12.1. The molecule has 0 bridgehead atoms. The molecular weight excluding hydrogens is 285 g/mol. The van der Waals surface area contributed by atoms with Crippen molar-refractivity contribution in [2.75, 3.05) is 14.2 Å². The van der Waals surface area contributed by atoms with Crippen molar-refractivity contribution in [1.29, 1.82) is 0 Å². The van der Waals surface area contributed by atoms with Crippen molar-refractivity contribution in [3.63, 3.8) is 0 Å². The van der Waals surface area contributed by atoms with Crippen LogP contribution in [0.4, 0.5) is 13.2 Å². The second-order valence-electron chi connectivity index (χ2n) is 3.42. The molecule has 0 unspecified atom stereocenters. The van der Waals surface area contributed by atoms with E-state index in [9.17, 15) is 18.0 Å². The number of hydrogen-bond acceptors (Lipinski definition) is 3. The minimum absolute atomic E-state index is 0.219. The number of carbonyl (C=O) groups is 1.